The highest BCUT2D eigenvalue weighted by atomic mass is 35.5. The van der Waals surface area contributed by atoms with E-state index in [4.69, 9.17) is 21.1 Å². The number of methoxy groups -OCH3 is 2. The molecular weight excluding hydrogens is 465 g/mol. The molecule has 0 amide bonds. The fourth-order valence-corrected chi connectivity index (χ4v) is 3.47. The van der Waals surface area contributed by atoms with Crippen LogP contribution in [0.4, 0.5) is 24.7 Å². The van der Waals surface area contributed by atoms with Gasteiger partial charge >= 0.3 is 6.18 Å². The van der Waals surface area contributed by atoms with Gasteiger partial charge in [0.2, 0.25) is 0 Å². The predicted molar refractivity (Wildman–Crippen MR) is 117 cm³/mol. The molecule has 1 aromatic heterocycles. The Balaban J connectivity index is 2.14. The van der Waals surface area contributed by atoms with Crippen molar-refractivity contribution < 1.29 is 22.6 Å². The average Bonchev–Trinajstić information content (AvgIpc) is 2.78. The van der Waals surface area contributed by atoms with Gasteiger partial charge in [-0.05, 0) is 42.7 Å². The van der Waals surface area contributed by atoms with Crippen molar-refractivity contribution in [2.75, 3.05) is 25.8 Å². The Labute approximate surface area is 191 Å². The van der Waals surface area contributed by atoms with Crippen LogP contribution in [0.1, 0.15) is 11.1 Å². The fraction of sp³-hybridized carbons (Fsp3) is 0.190. The van der Waals surface area contributed by atoms with Crippen molar-refractivity contribution in [1.82, 2.24) is 9.97 Å². The van der Waals surface area contributed by atoms with E-state index in [0.717, 1.165) is 12.1 Å². The number of nitriles is 1. The molecule has 0 spiro atoms. The third-order valence-corrected chi connectivity index (χ3v) is 5.25. The molecule has 6 nitrogen and oxygen atoms in total. The first-order valence-corrected chi connectivity index (χ1v) is 10.5. The summed E-state index contributed by atoms with van der Waals surface area (Å²) in [6, 6.07) is 10.4. The third kappa shape index (κ3) is 4.84. The van der Waals surface area contributed by atoms with E-state index in [0.29, 0.717) is 27.9 Å². The zero-order valence-corrected chi connectivity index (χ0v) is 18.6. The molecule has 1 N–H and O–H groups in total. The smallest absolute Gasteiger partial charge is 0.417 e. The molecule has 0 unspecified atom stereocenters. The normalized spacial score (nSPS) is 11.1. The molecule has 0 aliphatic heterocycles. The summed E-state index contributed by atoms with van der Waals surface area (Å²) >= 11 is 6.92. The van der Waals surface area contributed by atoms with E-state index in [1.807, 2.05) is 6.07 Å². The molecule has 0 fully saturated rings. The molecule has 166 valence electrons. The van der Waals surface area contributed by atoms with Crippen LogP contribution in [0.5, 0.6) is 11.5 Å². The third-order valence-electron chi connectivity index (χ3n) is 4.37. The number of nitrogens with zero attached hydrogens (tertiary/aromatic N) is 3. The molecule has 32 heavy (non-hydrogen) atoms. The molecule has 0 bridgehead atoms. The lowest BCUT2D eigenvalue weighted by Gasteiger charge is -2.15. The maximum atomic E-state index is 13.2. The Kier molecular flexibility index (Phi) is 7.01. The van der Waals surface area contributed by atoms with Gasteiger partial charge in [-0.25, -0.2) is 9.97 Å². The van der Waals surface area contributed by atoms with E-state index in [1.54, 1.807) is 24.5 Å². The zero-order valence-electron chi connectivity index (χ0n) is 17.0. The fourth-order valence-electron chi connectivity index (χ4n) is 2.88. The van der Waals surface area contributed by atoms with Gasteiger partial charge < -0.3 is 14.8 Å². The first-order chi connectivity index (χ1) is 15.2. The van der Waals surface area contributed by atoms with Gasteiger partial charge in [0.05, 0.1) is 30.5 Å². The van der Waals surface area contributed by atoms with E-state index in [9.17, 15) is 18.4 Å². The Hall–Kier alpha value is -3.16. The lowest BCUT2D eigenvalue weighted by atomic mass is 10.1. The monoisotopic (exact) mass is 480 g/mol. The van der Waals surface area contributed by atoms with E-state index in [1.165, 1.54) is 32.0 Å². The maximum Gasteiger partial charge on any atom is 0.417 e. The van der Waals surface area contributed by atoms with Crippen molar-refractivity contribution in [3.8, 4) is 28.8 Å². The summed E-state index contributed by atoms with van der Waals surface area (Å²) in [6.07, 6.45) is -2.89. The molecule has 2 aromatic carbocycles. The summed E-state index contributed by atoms with van der Waals surface area (Å²) in [6.45, 7) is 0. The van der Waals surface area contributed by atoms with Crippen molar-refractivity contribution in [3.63, 3.8) is 0 Å². The molecule has 0 aliphatic rings. The molecule has 3 aromatic rings. The highest BCUT2D eigenvalue weighted by Crippen LogP contribution is 2.38. The molecular formula is C21H16ClF3N4O2S. The van der Waals surface area contributed by atoms with Crippen LogP contribution in [0, 0.1) is 11.3 Å². The Morgan fingerprint density at radius 3 is 2.38 bits per heavy atom. The van der Waals surface area contributed by atoms with Crippen LogP contribution in [-0.4, -0.2) is 30.4 Å². The van der Waals surface area contributed by atoms with E-state index in [2.05, 4.69) is 15.3 Å². The summed E-state index contributed by atoms with van der Waals surface area (Å²) in [5.41, 5.74) is -0.0324. The number of thioether (sulfide) groups is 1. The molecule has 0 atom stereocenters. The summed E-state index contributed by atoms with van der Waals surface area (Å²) < 4.78 is 50.3. The average molecular weight is 481 g/mol. The topological polar surface area (TPSA) is 80.1 Å². The van der Waals surface area contributed by atoms with Crippen LogP contribution in [0.2, 0.25) is 5.02 Å². The van der Waals surface area contributed by atoms with Crippen molar-refractivity contribution >= 4 is 34.9 Å². The lowest BCUT2D eigenvalue weighted by molar-refractivity contribution is -0.137. The lowest BCUT2D eigenvalue weighted by Crippen LogP contribution is -2.08. The van der Waals surface area contributed by atoms with Crippen LogP contribution in [-0.2, 0) is 6.18 Å². The number of ether oxygens (including phenoxy) is 2. The van der Waals surface area contributed by atoms with Gasteiger partial charge in [0, 0.05) is 11.3 Å². The minimum Gasteiger partial charge on any atom is -0.493 e. The zero-order chi connectivity index (χ0) is 23.5. The van der Waals surface area contributed by atoms with Crippen LogP contribution in [0.3, 0.4) is 0 Å². The second kappa shape index (κ2) is 9.54. The summed E-state index contributed by atoms with van der Waals surface area (Å²) in [4.78, 5) is 8.71. The molecule has 0 saturated heterocycles. The first-order valence-electron chi connectivity index (χ1n) is 8.94. The number of nitrogens with one attached hydrogen (secondary N) is 1. The molecule has 1 heterocycles. The van der Waals surface area contributed by atoms with E-state index >= 15 is 0 Å². The van der Waals surface area contributed by atoms with Gasteiger partial charge in [-0.2, -0.15) is 18.4 Å². The number of hydrogen-bond donors (Lipinski definition) is 1. The summed E-state index contributed by atoms with van der Waals surface area (Å²) in [5.74, 6) is 0.986. The number of alkyl halides is 3. The largest absolute Gasteiger partial charge is 0.493 e. The molecule has 11 heteroatoms. The van der Waals surface area contributed by atoms with Crippen molar-refractivity contribution in [3.05, 3.63) is 52.5 Å². The number of rotatable bonds is 6. The van der Waals surface area contributed by atoms with Gasteiger partial charge in [-0.15, -0.1) is 0 Å². The second-order valence-corrected chi connectivity index (χ2v) is 7.46. The van der Waals surface area contributed by atoms with Crippen LogP contribution >= 0.6 is 23.4 Å². The number of hydrogen-bond acceptors (Lipinski definition) is 7. The molecule has 3 rings (SSSR count). The van der Waals surface area contributed by atoms with Crippen molar-refractivity contribution in [1.29, 1.82) is 5.26 Å². The van der Waals surface area contributed by atoms with Gasteiger partial charge in [-0.1, -0.05) is 23.4 Å². The molecule has 0 aliphatic carbocycles. The SMILES string of the molecule is COc1ccc(-c2nc(SC)nc(Nc3ccc(Cl)c(C(F)(F)F)c3)c2C#N)cc1OC. The minimum absolute atomic E-state index is 0.0542. The maximum absolute atomic E-state index is 13.2. The number of aromatic nitrogens is 2. The Bertz CT molecular complexity index is 1200. The summed E-state index contributed by atoms with van der Waals surface area (Å²) in [5, 5.41) is 12.5. The standard InChI is InChI=1S/C21H16ClF3N4O2S/c1-30-16-7-4-11(8-17(16)31-2)18-13(10-26)19(29-20(28-18)32-3)27-12-5-6-15(22)14(9-12)21(23,24)25/h4-9H,1-3H3,(H,27,28,29). The van der Waals surface area contributed by atoms with Crippen LogP contribution in [0.15, 0.2) is 41.6 Å². The van der Waals surface area contributed by atoms with Gasteiger partial charge in [0.1, 0.15) is 11.6 Å². The second-order valence-electron chi connectivity index (χ2n) is 6.28. The Morgan fingerprint density at radius 2 is 1.78 bits per heavy atom. The van der Waals surface area contributed by atoms with Crippen LogP contribution in [0.25, 0.3) is 11.3 Å². The Morgan fingerprint density at radius 1 is 1.06 bits per heavy atom. The van der Waals surface area contributed by atoms with Crippen molar-refractivity contribution in [2.24, 2.45) is 0 Å². The van der Waals surface area contributed by atoms with Gasteiger partial charge in [-0.3, -0.25) is 0 Å². The molecule has 0 saturated carbocycles. The first kappa shape index (κ1) is 23.5. The van der Waals surface area contributed by atoms with E-state index in [-0.39, 0.29) is 17.1 Å². The van der Waals surface area contributed by atoms with Crippen molar-refractivity contribution in [2.45, 2.75) is 11.3 Å². The predicted octanol–water partition coefficient (Wildman–Crippen LogP) is 6.17. The van der Waals surface area contributed by atoms with Gasteiger partial charge in [0.25, 0.3) is 0 Å². The summed E-state index contributed by atoms with van der Waals surface area (Å²) in [7, 11) is 2.98. The quantitative estimate of drug-likeness (QED) is 0.334. The number of anilines is 2. The molecule has 0 radical (unpaired) electrons. The number of halogens is 4. The highest BCUT2D eigenvalue weighted by Gasteiger charge is 2.33. The highest BCUT2D eigenvalue weighted by molar-refractivity contribution is 7.98. The number of benzene rings is 2. The minimum atomic E-state index is -4.63. The van der Waals surface area contributed by atoms with E-state index < -0.39 is 16.8 Å². The van der Waals surface area contributed by atoms with Gasteiger partial charge in [0.15, 0.2) is 22.5 Å². The van der Waals surface area contributed by atoms with Crippen LogP contribution < -0.4 is 14.8 Å².